The number of carbonyl (C=O) groups is 1. The Labute approximate surface area is 172 Å². The van der Waals surface area contributed by atoms with Crippen LogP contribution in [0.2, 0.25) is 0 Å². The first kappa shape index (κ1) is 19.7. The molecular formula is C19H20N4O4S2. The summed E-state index contributed by atoms with van der Waals surface area (Å²) in [6.45, 7) is 1.86. The summed E-state index contributed by atoms with van der Waals surface area (Å²) >= 11 is 1.25. The molecule has 1 fully saturated rings. The van der Waals surface area contributed by atoms with Crippen LogP contribution in [-0.4, -0.2) is 52.4 Å². The molecule has 152 valence electrons. The lowest BCUT2D eigenvalue weighted by atomic mass is 10.2. The summed E-state index contributed by atoms with van der Waals surface area (Å²) in [5.41, 5.74) is 1.70. The lowest BCUT2D eigenvalue weighted by Crippen LogP contribution is -2.36. The number of carbonyl (C=O) groups excluding carboxylic acids is 1. The molecule has 1 saturated heterocycles. The maximum absolute atomic E-state index is 12.3. The number of hydrogen-bond acceptors (Lipinski definition) is 7. The Morgan fingerprint density at radius 2 is 2.07 bits per heavy atom. The van der Waals surface area contributed by atoms with Crippen molar-refractivity contribution >= 4 is 27.5 Å². The number of thioether (sulfide) groups is 1. The minimum Gasteiger partial charge on any atom is -0.469 e. The fourth-order valence-electron chi connectivity index (χ4n) is 3.27. The normalized spacial score (nSPS) is 18.0. The first-order valence-corrected chi connectivity index (χ1v) is 11.9. The summed E-state index contributed by atoms with van der Waals surface area (Å²) in [6, 6.07) is 11.2. The standard InChI is InChI=1S/C19H20N4O4S2/c1-13-16(7-9-27-13)18-21-22-19(23(18)15-5-3-2-4-6-15)28-11-17(24)20-14-8-10-29(25,26)12-14/h2-7,9,14H,8,10-12H2,1H3,(H,20,24)/t14-/m1/s1. The molecule has 8 nitrogen and oxygen atoms in total. The number of furan rings is 1. The highest BCUT2D eigenvalue weighted by Crippen LogP contribution is 2.30. The third-order valence-electron chi connectivity index (χ3n) is 4.68. The number of hydrogen-bond donors (Lipinski definition) is 1. The number of rotatable bonds is 6. The van der Waals surface area contributed by atoms with Gasteiger partial charge in [-0.05, 0) is 31.5 Å². The second-order valence-corrected chi connectivity index (χ2v) is 9.99. The zero-order chi connectivity index (χ0) is 20.4. The largest absolute Gasteiger partial charge is 0.469 e. The molecule has 0 aliphatic carbocycles. The highest BCUT2D eigenvalue weighted by molar-refractivity contribution is 7.99. The Kier molecular flexibility index (Phi) is 5.46. The molecule has 1 aromatic carbocycles. The summed E-state index contributed by atoms with van der Waals surface area (Å²) in [4.78, 5) is 12.3. The Hall–Kier alpha value is -2.59. The minimum atomic E-state index is -3.03. The van der Waals surface area contributed by atoms with Crippen LogP contribution in [0.5, 0.6) is 0 Å². The summed E-state index contributed by atoms with van der Waals surface area (Å²) in [5, 5.41) is 12.0. The average Bonchev–Trinajstić information content (AvgIpc) is 3.39. The van der Waals surface area contributed by atoms with Gasteiger partial charge in [0.25, 0.3) is 0 Å². The van der Waals surface area contributed by atoms with Crippen LogP contribution in [0.1, 0.15) is 12.2 Å². The number of nitrogens with zero attached hydrogens (tertiary/aromatic N) is 3. The van der Waals surface area contributed by atoms with Gasteiger partial charge in [-0.1, -0.05) is 30.0 Å². The summed E-state index contributed by atoms with van der Waals surface area (Å²) < 4.78 is 30.4. The topological polar surface area (TPSA) is 107 Å². The Bertz CT molecular complexity index is 1120. The Balaban J connectivity index is 1.54. The third-order valence-corrected chi connectivity index (χ3v) is 7.37. The first-order chi connectivity index (χ1) is 13.9. The number of amides is 1. The van der Waals surface area contributed by atoms with E-state index in [0.29, 0.717) is 17.4 Å². The van der Waals surface area contributed by atoms with Crippen molar-refractivity contribution in [2.24, 2.45) is 0 Å². The van der Waals surface area contributed by atoms with Crippen molar-refractivity contribution < 1.29 is 17.6 Å². The lowest BCUT2D eigenvalue weighted by molar-refractivity contribution is -0.119. The number of benzene rings is 1. The molecule has 4 rings (SSSR count). The van der Waals surface area contributed by atoms with Crippen LogP contribution < -0.4 is 5.32 Å². The van der Waals surface area contributed by atoms with Crippen molar-refractivity contribution in [2.45, 2.75) is 24.5 Å². The SMILES string of the molecule is Cc1occc1-c1nnc(SCC(=O)N[C@@H]2CCS(=O)(=O)C2)n1-c1ccccc1. The summed E-state index contributed by atoms with van der Waals surface area (Å²) in [6.07, 6.45) is 2.06. The highest BCUT2D eigenvalue weighted by Gasteiger charge is 2.29. The Morgan fingerprint density at radius 3 is 2.72 bits per heavy atom. The second kappa shape index (κ2) is 8.03. The van der Waals surface area contributed by atoms with Gasteiger partial charge in [-0.2, -0.15) is 0 Å². The monoisotopic (exact) mass is 432 g/mol. The molecule has 1 aliphatic heterocycles. The van der Waals surface area contributed by atoms with Crippen molar-refractivity contribution in [3.63, 3.8) is 0 Å². The van der Waals surface area contributed by atoms with Crippen molar-refractivity contribution in [1.82, 2.24) is 20.1 Å². The van der Waals surface area contributed by atoms with E-state index < -0.39 is 9.84 Å². The second-order valence-electron chi connectivity index (χ2n) is 6.82. The van der Waals surface area contributed by atoms with Crippen LogP contribution in [-0.2, 0) is 14.6 Å². The van der Waals surface area contributed by atoms with E-state index in [2.05, 4.69) is 15.5 Å². The smallest absolute Gasteiger partial charge is 0.230 e. The van der Waals surface area contributed by atoms with E-state index in [1.54, 1.807) is 6.26 Å². The van der Waals surface area contributed by atoms with Gasteiger partial charge in [-0.25, -0.2) is 8.42 Å². The predicted molar refractivity (Wildman–Crippen MR) is 110 cm³/mol. The van der Waals surface area contributed by atoms with E-state index in [1.807, 2.05) is 47.9 Å². The van der Waals surface area contributed by atoms with E-state index in [1.165, 1.54) is 11.8 Å². The number of aromatic nitrogens is 3. The molecular weight excluding hydrogens is 412 g/mol. The zero-order valence-electron chi connectivity index (χ0n) is 15.7. The maximum Gasteiger partial charge on any atom is 0.230 e. The molecule has 29 heavy (non-hydrogen) atoms. The highest BCUT2D eigenvalue weighted by atomic mass is 32.2. The van der Waals surface area contributed by atoms with E-state index in [9.17, 15) is 13.2 Å². The van der Waals surface area contributed by atoms with Crippen LogP contribution in [0.3, 0.4) is 0 Å². The van der Waals surface area contributed by atoms with E-state index in [4.69, 9.17) is 4.42 Å². The fourth-order valence-corrected chi connectivity index (χ4v) is 5.71. The van der Waals surface area contributed by atoms with Gasteiger partial charge >= 0.3 is 0 Å². The van der Waals surface area contributed by atoms with Gasteiger partial charge in [-0.3, -0.25) is 9.36 Å². The number of sulfone groups is 1. The van der Waals surface area contributed by atoms with Crippen LogP contribution in [0.15, 0.2) is 52.2 Å². The molecule has 10 heteroatoms. The summed E-state index contributed by atoms with van der Waals surface area (Å²) in [7, 11) is -3.03. The van der Waals surface area contributed by atoms with Gasteiger partial charge in [0.05, 0.1) is 29.1 Å². The van der Waals surface area contributed by atoms with E-state index >= 15 is 0 Å². The molecule has 0 saturated carbocycles. The minimum absolute atomic E-state index is 0.00746. The molecule has 1 amide bonds. The molecule has 1 atom stereocenters. The first-order valence-electron chi connectivity index (χ1n) is 9.11. The molecule has 0 bridgehead atoms. The number of nitrogens with one attached hydrogen (secondary N) is 1. The van der Waals surface area contributed by atoms with Crippen molar-refractivity contribution in [2.75, 3.05) is 17.3 Å². The van der Waals surface area contributed by atoms with Gasteiger partial charge < -0.3 is 9.73 Å². The van der Waals surface area contributed by atoms with Crippen LogP contribution in [0.25, 0.3) is 17.1 Å². The van der Waals surface area contributed by atoms with Gasteiger partial charge in [0, 0.05) is 11.7 Å². The molecule has 1 aliphatic rings. The molecule has 0 spiro atoms. The quantitative estimate of drug-likeness (QED) is 0.595. The molecule has 1 N–H and O–H groups in total. The molecule has 3 heterocycles. The fraction of sp³-hybridized carbons (Fsp3) is 0.316. The molecule has 0 radical (unpaired) electrons. The van der Waals surface area contributed by atoms with Crippen molar-refractivity contribution in [3.05, 3.63) is 48.4 Å². The zero-order valence-corrected chi connectivity index (χ0v) is 17.4. The number of aryl methyl sites for hydroxylation is 1. The van der Waals surface area contributed by atoms with Crippen molar-refractivity contribution in [1.29, 1.82) is 0 Å². The predicted octanol–water partition coefficient (Wildman–Crippen LogP) is 2.23. The lowest BCUT2D eigenvalue weighted by Gasteiger charge is -2.12. The van der Waals surface area contributed by atoms with Crippen LogP contribution in [0, 0.1) is 6.92 Å². The van der Waals surface area contributed by atoms with Crippen LogP contribution >= 0.6 is 11.8 Å². The summed E-state index contributed by atoms with van der Waals surface area (Å²) in [5.74, 6) is 1.39. The van der Waals surface area contributed by atoms with Gasteiger partial charge in [0.2, 0.25) is 5.91 Å². The van der Waals surface area contributed by atoms with E-state index in [0.717, 1.165) is 17.0 Å². The third kappa shape index (κ3) is 4.38. The molecule has 3 aromatic rings. The Morgan fingerprint density at radius 1 is 1.28 bits per heavy atom. The van der Waals surface area contributed by atoms with E-state index in [-0.39, 0.29) is 29.2 Å². The number of para-hydroxylation sites is 1. The molecule has 2 aromatic heterocycles. The maximum atomic E-state index is 12.3. The van der Waals surface area contributed by atoms with Crippen molar-refractivity contribution in [3.8, 4) is 17.1 Å². The van der Waals surface area contributed by atoms with Gasteiger partial charge in [-0.15, -0.1) is 10.2 Å². The average molecular weight is 433 g/mol. The van der Waals surface area contributed by atoms with Gasteiger partial charge in [0.1, 0.15) is 5.76 Å². The van der Waals surface area contributed by atoms with Gasteiger partial charge in [0.15, 0.2) is 20.8 Å². The molecule has 0 unspecified atom stereocenters. The van der Waals surface area contributed by atoms with Crippen LogP contribution in [0.4, 0.5) is 0 Å².